The van der Waals surface area contributed by atoms with Gasteiger partial charge in [0.15, 0.2) is 5.82 Å². The lowest BCUT2D eigenvalue weighted by atomic mass is 10.1. The van der Waals surface area contributed by atoms with E-state index < -0.39 is 5.82 Å². The van der Waals surface area contributed by atoms with Gasteiger partial charge in [-0.15, -0.1) is 0 Å². The van der Waals surface area contributed by atoms with Gasteiger partial charge in [-0.1, -0.05) is 11.6 Å². The molecule has 0 bridgehead atoms. The third-order valence-electron chi connectivity index (χ3n) is 5.44. The van der Waals surface area contributed by atoms with Crippen LogP contribution in [0, 0.1) is 5.82 Å². The Balaban J connectivity index is 1.62. The average Bonchev–Trinajstić information content (AvgIpc) is 3.36. The van der Waals surface area contributed by atoms with Crippen LogP contribution in [0.5, 0.6) is 0 Å². The molecule has 0 unspecified atom stereocenters. The van der Waals surface area contributed by atoms with E-state index in [0.29, 0.717) is 33.8 Å². The molecule has 0 aliphatic carbocycles. The Morgan fingerprint density at radius 3 is 2.66 bits per heavy atom. The lowest BCUT2D eigenvalue weighted by Gasteiger charge is -2.16. The minimum absolute atomic E-state index is 0.00323. The molecule has 1 amide bonds. The minimum atomic E-state index is -0.501. The van der Waals surface area contributed by atoms with Crippen LogP contribution in [0.15, 0.2) is 60.9 Å². The predicted molar refractivity (Wildman–Crippen MR) is 123 cm³/mol. The number of pyridine rings is 1. The van der Waals surface area contributed by atoms with Crippen LogP contribution in [0.25, 0.3) is 22.3 Å². The van der Waals surface area contributed by atoms with Gasteiger partial charge < -0.3 is 10.2 Å². The van der Waals surface area contributed by atoms with Gasteiger partial charge in [0, 0.05) is 47.7 Å². The summed E-state index contributed by atoms with van der Waals surface area (Å²) in [6, 6.07) is 13.5. The number of amides is 1. The molecule has 1 aliphatic heterocycles. The first kappa shape index (κ1) is 20.3. The highest BCUT2D eigenvalue weighted by atomic mass is 35.5. The number of benzene rings is 2. The van der Waals surface area contributed by atoms with E-state index in [1.165, 1.54) is 12.1 Å². The molecule has 0 spiro atoms. The number of aromatic nitrogens is 3. The molecule has 3 heterocycles. The molecular formula is C24H19ClFN5O. The number of halogens is 2. The molecule has 1 saturated heterocycles. The van der Waals surface area contributed by atoms with Crippen LogP contribution in [0.2, 0.25) is 5.02 Å². The monoisotopic (exact) mass is 447 g/mol. The molecule has 0 atom stereocenters. The highest BCUT2D eigenvalue weighted by Crippen LogP contribution is 2.30. The third kappa shape index (κ3) is 3.99. The molecule has 2 aromatic heterocycles. The first-order valence-electron chi connectivity index (χ1n) is 10.3. The van der Waals surface area contributed by atoms with Crippen molar-refractivity contribution in [3.63, 3.8) is 0 Å². The fourth-order valence-electron chi connectivity index (χ4n) is 3.79. The fourth-order valence-corrected chi connectivity index (χ4v) is 3.97. The second kappa shape index (κ2) is 8.51. The zero-order valence-electron chi connectivity index (χ0n) is 17.1. The number of hydrogen-bond donors (Lipinski definition) is 1. The maximum absolute atomic E-state index is 13.6. The van der Waals surface area contributed by atoms with Crippen LogP contribution in [0.3, 0.4) is 0 Å². The number of hydrogen-bond acceptors (Lipinski definition) is 5. The molecule has 6 nitrogen and oxygen atoms in total. The Bertz CT molecular complexity index is 1310. The van der Waals surface area contributed by atoms with Crippen LogP contribution in [-0.4, -0.2) is 38.8 Å². The smallest absolute Gasteiger partial charge is 0.253 e. The first-order valence-corrected chi connectivity index (χ1v) is 10.7. The summed E-state index contributed by atoms with van der Waals surface area (Å²) in [6.45, 7) is 1.54. The van der Waals surface area contributed by atoms with E-state index >= 15 is 0 Å². The number of carbonyl (C=O) groups is 1. The second-order valence-electron chi connectivity index (χ2n) is 7.62. The van der Waals surface area contributed by atoms with E-state index in [4.69, 9.17) is 16.6 Å². The first-order chi connectivity index (χ1) is 15.6. The molecule has 2 aromatic carbocycles. The summed E-state index contributed by atoms with van der Waals surface area (Å²) in [6.07, 6.45) is 5.41. The molecule has 0 saturated carbocycles. The van der Waals surface area contributed by atoms with Crippen molar-refractivity contribution >= 4 is 39.9 Å². The lowest BCUT2D eigenvalue weighted by Crippen LogP contribution is -2.27. The molecule has 0 radical (unpaired) electrons. The largest absolute Gasteiger partial charge is 0.340 e. The Hall–Kier alpha value is -3.58. The van der Waals surface area contributed by atoms with E-state index in [9.17, 15) is 9.18 Å². The van der Waals surface area contributed by atoms with E-state index in [-0.39, 0.29) is 10.9 Å². The average molecular weight is 448 g/mol. The number of nitrogens with one attached hydrogen (secondary N) is 1. The maximum atomic E-state index is 13.6. The summed E-state index contributed by atoms with van der Waals surface area (Å²) < 4.78 is 13.6. The maximum Gasteiger partial charge on any atom is 0.253 e. The van der Waals surface area contributed by atoms with E-state index in [1.807, 2.05) is 23.1 Å². The summed E-state index contributed by atoms with van der Waals surface area (Å²) in [5.41, 5.74) is 2.58. The van der Waals surface area contributed by atoms with Gasteiger partial charge >= 0.3 is 0 Å². The quantitative estimate of drug-likeness (QED) is 0.449. The van der Waals surface area contributed by atoms with Gasteiger partial charge in [0.25, 0.3) is 5.91 Å². The molecule has 160 valence electrons. The Morgan fingerprint density at radius 1 is 1.06 bits per heavy atom. The van der Waals surface area contributed by atoms with Gasteiger partial charge in [-0.05, 0) is 61.4 Å². The number of rotatable bonds is 4. The molecule has 8 heteroatoms. The number of anilines is 2. The number of carbonyl (C=O) groups excluding carboxylic acids is 1. The van der Waals surface area contributed by atoms with Gasteiger partial charge in [-0.3, -0.25) is 9.78 Å². The molecule has 1 aliphatic rings. The highest BCUT2D eigenvalue weighted by Gasteiger charge is 2.21. The summed E-state index contributed by atoms with van der Waals surface area (Å²) >= 11 is 5.96. The standard InChI is InChI=1S/C24H19ClFN5O/c25-19-13-17(6-7-20(19)26)28-23-18-12-15(24(32)31-10-1-2-11-31)5-8-21(18)29-22(30-23)16-4-3-9-27-14-16/h3-9,12-14H,1-2,10-11H2,(H,28,29,30). The SMILES string of the molecule is O=C(c1ccc2nc(-c3cccnc3)nc(Nc3ccc(F)c(Cl)c3)c2c1)N1CCCC1. The normalized spacial score (nSPS) is 13.5. The number of fused-ring (bicyclic) bond motifs is 1. The summed E-state index contributed by atoms with van der Waals surface area (Å²) in [4.78, 5) is 28.3. The summed E-state index contributed by atoms with van der Waals surface area (Å²) in [5.74, 6) is 0.475. The predicted octanol–water partition coefficient (Wildman–Crippen LogP) is 5.46. The van der Waals surface area contributed by atoms with Gasteiger partial charge in [-0.2, -0.15) is 0 Å². The zero-order chi connectivity index (χ0) is 22.1. The third-order valence-corrected chi connectivity index (χ3v) is 5.73. The van der Waals surface area contributed by atoms with Crippen LogP contribution in [0.1, 0.15) is 23.2 Å². The molecule has 32 heavy (non-hydrogen) atoms. The Labute approximate surface area is 189 Å². The van der Waals surface area contributed by atoms with Crippen molar-refractivity contribution in [3.8, 4) is 11.4 Å². The minimum Gasteiger partial charge on any atom is -0.340 e. The Morgan fingerprint density at radius 2 is 1.91 bits per heavy atom. The van der Waals surface area contributed by atoms with Crippen molar-refractivity contribution in [2.75, 3.05) is 18.4 Å². The van der Waals surface area contributed by atoms with E-state index in [2.05, 4.69) is 15.3 Å². The topological polar surface area (TPSA) is 71.0 Å². The van der Waals surface area contributed by atoms with Crippen molar-refractivity contribution in [1.29, 1.82) is 0 Å². The molecule has 5 rings (SSSR count). The molecule has 1 fully saturated rings. The van der Waals surface area contributed by atoms with Crippen molar-refractivity contribution in [3.05, 3.63) is 77.3 Å². The zero-order valence-corrected chi connectivity index (χ0v) is 17.8. The lowest BCUT2D eigenvalue weighted by molar-refractivity contribution is 0.0793. The van der Waals surface area contributed by atoms with Crippen LogP contribution >= 0.6 is 11.6 Å². The fraction of sp³-hybridized carbons (Fsp3) is 0.167. The van der Waals surface area contributed by atoms with Crippen molar-refractivity contribution in [1.82, 2.24) is 19.9 Å². The van der Waals surface area contributed by atoms with Crippen LogP contribution in [0.4, 0.5) is 15.9 Å². The van der Waals surface area contributed by atoms with E-state index in [0.717, 1.165) is 31.5 Å². The number of nitrogens with zero attached hydrogens (tertiary/aromatic N) is 4. The van der Waals surface area contributed by atoms with Crippen molar-refractivity contribution in [2.45, 2.75) is 12.8 Å². The second-order valence-corrected chi connectivity index (χ2v) is 8.03. The van der Waals surface area contributed by atoms with Gasteiger partial charge in [0.1, 0.15) is 11.6 Å². The molecular weight excluding hydrogens is 429 g/mol. The van der Waals surface area contributed by atoms with Crippen molar-refractivity contribution in [2.24, 2.45) is 0 Å². The van der Waals surface area contributed by atoms with Crippen LogP contribution in [-0.2, 0) is 0 Å². The van der Waals surface area contributed by atoms with Crippen molar-refractivity contribution < 1.29 is 9.18 Å². The Kier molecular flexibility index (Phi) is 5.41. The van der Waals surface area contributed by atoms with E-state index in [1.54, 1.807) is 30.6 Å². The van der Waals surface area contributed by atoms with Gasteiger partial charge in [-0.25, -0.2) is 14.4 Å². The highest BCUT2D eigenvalue weighted by molar-refractivity contribution is 6.31. The summed E-state index contributed by atoms with van der Waals surface area (Å²) in [5, 5.41) is 3.90. The molecule has 1 N–H and O–H groups in total. The summed E-state index contributed by atoms with van der Waals surface area (Å²) in [7, 11) is 0. The number of likely N-dealkylation sites (tertiary alicyclic amines) is 1. The van der Waals surface area contributed by atoms with Gasteiger partial charge in [0.05, 0.1) is 10.5 Å². The molecule has 4 aromatic rings. The van der Waals surface area contributed by atoms with Crippen LogP contribution < -0.4 is 5.32 Å². The van der Waals surface area contributed by atoms with Gasteiger partial charge in [0.2, 0.25) is 0 Å².